The molecule has 5 nitrogen and oxygen atoms in total. The molecule has 1 saturated heterocycles. The van der Waals surface area contributed by atoms with E-state index in [4.69, 9.17) is 0 Å². The lowest BCUT2D eigenvalue weighted by atomic mass is 10.2. The molecule has 31 heavy (non-hydrogen) atoms. The van der Waals surface area contributed by atoms with Crippen LogP contribution in [0.2, 0.25) is 0 Å². The third-order valence-corrected chi connectivity index (χ3v) is 6.50. The van der Waals surface area contributed by atoms with E-state index in [-0.39, 0.29) is 35.1 Å². The molecule has 0 bridgehead atoms. The Labute approximate surface area is 186 Å². The number of halogens is 5. The zero-order valence-electron chi connectivity index (χ0n) is 16.8. The van der Waals surface area contributed by atoms with E-state index in [2.05, 4.69) is 25.9 Å². The molecule has 2 aliphatic rings. The summed E-state index contributed by atoms with van der Waals surface area (Å²) in [5.74, 6) is -0.289. The topological polar surface area (TPSA) is 41.4 Å². The van der Waals surface area contributed by atoms with Gasteiger partial charge in [-0.05, 0) is 46.5 Å². The lowest BCUT2D eigenvalue weighted by Gasteiger charge is -2.34. The van der Waals surface area contributed by atoms with Crippen molar-refractivity contribution in [3.8, 4) is 0 Å². The van der Waals surface area contributed by atoms with Crippen LogP contribution in [0.15, 0.2) is 28.7 Å². The summed E-state index contributed by atoms with van der Waals surface area (Å²) in [6.45, 7) is 3.16. The number of aryl methyl sites for hydroxylation is 1. The van der Waals surface area contributed by atoms with Crippen molar-refractivity contribution in [1.82, 2.24) is 19.6 Å². The van der Waals surface area contributed by atoms with Crippen LogP contribution in [0, 0.1) is 5.82 Å². The first-order chi connectivity index (χ1) is 14.7. The van der Waals surface area contributed by atoms with Crippen LogP contribution in [0.25, 0.3) is 0 Å². The van der Waals surface area contributed by atoms with Gasteiger partial charge in [-0.2, -0.15) is 18.3 Å². The highest BCUT2D eigenvalue weighted by atomic mass is 79.9. The lowest BCUT2D eigenvalue weighted by Crippen LogP contribution is -2.48. The first-order valence-electron chi connectivity index (χ1n) is 10.3. The number of aromatic nitrogens is 2. The van der Waals surface area contributed by atoms with E-state index >= 15 is 0 Å². The van der Waals surface area contributed by atoms with E-state index in [1.807, 2.05) is 6.07 Å². The number of rotatable bonds is 6. The summed E-state index contributed by atoms with van der Waals surface area (Å²) in [4.78, 5) is 16.5. The number of hydrogen-bond donors (Lipinski definition) is 0. The third-order valence-electron chi connectivity index (χ3n) is 5.72. The Balaban J connectivity index is 1.32. The maximum atomic E-state index is 13.3. The summed E-state index contributed by atoms with van der Waals surface area (Å²) in [6, 6.07) is 6.46. The number of piperazine rings is 1. The molecule has 1 aromatic carbocycles. The highest BCUT2D eigenvalue weighted by Gasteiger charge is 2.41. The average Bonchev–Trinajstić information content (AvgIpc) is 3.48. The Morgan fingerprint density at radius 3 is 2.48 bits per heavy atom. The van der Waals surface area contributed by atoms with Gasteiger partial charge in [-0.25, -0.2) is 4.39 Å². The van der Waals surface area contributed by atoms with Gasteiger partial charge in [0.25, 0.3) is 0 Å². The molecule has 0 N–H and O–H groups in total. The molecule has 0 unspecified atom stereocenters. The fraction of sp³-hybridized carbons (Fsp3) is 0.524. The predicted molar refractivity (Wildman–Crippen MR) is 110 cm³/mol. The smallest absolute Gasteiger partial charge is 0.340 e. The SMILES string of the molecule is O=C(CCn1nc(C(F)(F)F)c(Br)c1C1CC1)N1CCN(Cc2cccc(F)c2)CC1. The van der Waals surface area contributed by atoms with Crippen molar-refractivity contribution in [3.63, 3.8) is 0 Å². The van der Waals surface area contributed by atoms with Crippen molar-refractivity contribution in [3.05, 3.63) is 51.5 Å². The van der Waals surface area contributed by atoms with E-state index in [1.54, 1.807) is 11.0 Å². The van der Waals surface area contributed by atoms with Crippen LogP contribution in [0.3, 0.4) is 0 Å². The normalized spacial score (nSPS) is 17.9. The summed E-state index contributed by atoms with van der Waals surface area (Å²) in [5, 5.41) is 3.76. The summed E-state index contributed by atoms with van der Waals surface area (Å²) < 4.78 is 54.4. The number of benzene rings is 1. The Morgan fingerprint density at radius 2 is 1.87 bits per heavy atom. The summed E-state index contributed by atoms with van der Waals surface area (Å²) in [5.41, 5.74) is 0.505. The number of alkyl halides is 3. The Hall–Kier alpha value is -1.94. The Kier molecular flexibility index (Phi) is 6.39. The predicted octanol–water partition coefficient (Wildman–Crippen LogP) is 4.42. The van der Waals surface area contributed by atoms with Crippen molar-refractivity contribution < 1.29 is 22.4 Å². The first-order valence-corrected chi connectivity index (χ1v) is 11.1. The monoisotopic (exact) mass is 502 g/mol. The molecule has 1 aromatic heterocycles. The number of carbonyl (C=O) groups is 1. The molecule has 0 spiro atoms. The highest BCUT2D eigenvalue weighted by molar-refractivity contribution is 9.10. The third kappa shape index (κ3) is 5.28. The number of amides is 1. The molecule has 1 amide bonds. The summed E-state index contributed by atoms with van der Waals surface area (Å²) in [7, 11) is 0. The van der Waals surface area contributed by atoms with Gasteiger partial charge >= 0.3 is 6.18 Å². The standard InChI is InChI=1S/C21H23BrF4N4O/c22-18-19(15-4-5-15)30(27-20(18)21(24,25)26)7-6-17(31)29-10-8-28(9-11-29)13-14-2-1-3-16(23)12-14/h1-3,12,15H,4-11,13H2. The lowest BCUT2D eigenvalue weighted by molar-refractivity contribution is -0.142. The molecule has 168 valence electrons. The average molecular weight is 503 g/mol. The Morgan fingerprint density at radius 1 is 1.16 bits per heavy atom. The van der Waals surface area contributed by atoms with Crippen LogP contribution in [0.1, 0.15) is 42.1 Å². The van der Waals surface area contributed by atoms with Crippen molar-refractivity contribution in [1.29, 1.82) is 0 Å². The van der Waals surface area contributed by atoms with E-state index in [9.17, 15) is 22.4 Å². The second-order valence-corrected chi connectivity index (χ2v) is 8.87. The van der Waals surface area contributed by atoms with Crippen molar-refractivity contribution in [2.75, 3.05) is 26.2 Å². The fourth-order valence-electron chi connectivity index (χ4n) is 3.96. The minimum atomic E-state index is -4.53. The molecular weight excluding hydrogens is 480 g/mol. The summed E-state index contributed by atoms with van der Waals surface area (Å²) >= 11 is 3.07. The molecule has 2 fully saturated rings. The minimum Gasteiger partial charge on any atom is -0.340 e. The molecule has 0 atom stereocenters. The molecule has 4 rings (SSSR count). The van der Waals surface area contributed by atoms with Gasteiger partial charge in [-0.3, -0.25) is 14.4 Å². The van der Waals surface area contributed by atoms with Gasteiger partial charge in [0.1, 0.15) is 5.82 Å². The zero-order chi connectivity index (χ0) is 22.2. The number of nitrogens with zero attached hydrogens (tertiary/aromatic N) is 4. The fourth-order valence-corrected chi connectivity index (χ4v) is 4.79. The molecule has 1 saturated carbocycles. The Bertz CT molecular complexity index is 949. The van der Waals surface area contributed by atoms with Gasteiger partial charge in [0.05, 0.1) is 16.7 Å². The quantitative estimate of drug-likeness (QED) is 0.549. The van der Waals surface area contributed by atoms with Crippen molar-refractivity contribution >= 4 is 21.8 Å². The van der Waals surface area contributed by atoms with Crippen LogP contribution in [0.5, 0.6) is 0 Å². The van der Waals surface area contributed by atoms with Crippen LogP contribution >= 0.6 is 15.9 Å². The van der Waals surface area contributed by atoms with Gasteiger partial charge in [0.2, 0.25) is 5.91 Å². The summed E-state index contributed by atoms with van der Waals surface area (Å²) in [6.07, 6.45) is -2.75. The molecular formula is C21H23BrF4N4O. The second kappa shape index (κ2) is 8.90. The van der Waals surface area contributed by atoms with E-state index in [0.717, 1.165) is 18.4 Å². The zero-order valence-corrected chi connectivity index (χ0v) is 18.4. The van der Waals surface area contributed by atoms with Gasteiger partial charge in [-0.15, -0.1) is 0 Å². The van der Waals surface area contributed by atoms with Gasteiger partial charge in [0, 0.05) is 45.1 Å². The largest absolute Gasteiger partial charge is 0.436 e. The first kappa shape index (κ1) is 22.3. The number of hydrogen-bond acceptors (Lipinski definition) is 3. The van der Waals surface area contributed by atoms with E-state index in [1.165, 1.54) is 16.8 Å². The molecule has 10 heteroatoms. The van der Waals surface area contributed by atoms with Crippen molar-refractivity contribution in [2.24, 2.45) is 0 Å². The molecule has 2 heterocycles. The van der Waals surface area contributed by atoms with Crippen LogP contribution in [0.4, 0.5) is 17.6 Å². The van der Waals surface area contributed by atoms with Crippen LogP contribution in [-0.4, -0.2) is 51.7 Å². The highest BCUT2D eigenvalue weighted by Crippen LogP contribution is 2.47. The van der Waals surface area contributed by atoms with Crippen LogP contribution < -0.4 is 0 Å². The van der Waals surface area contributed by atoms with E-state index in [0.29, 0.717) is 38.4 Å². The number of carbonyl (C=O) groups excluding carboxylic acids is 1. The van der Waals surface area contributed by atoms with E-state index < -0.39 is 11.9 Å². The maximum Gasteiger partial charge on any atom is 0.436 e. The molecule has 0 radical (unpaired) electrons. The van der Waals surface area contributed by atoms with Gasteiger partial charge < -0.3 is 4.90 Å². The molecule has 1 aliphatic heterocycles. The van der Waals surface area contributed by atoms with Gasteiger partial charge in [0.15, 0.2) is 5.69 Å². The van der Waals surface area contributed by atoms with Gasteiger partial charge in [-0.1, -0.05) is 12.1 Å². The van der Waals surface area contributed by atoms with Crippen LogP contribution in [-0.2, 0) is 24.1 Å². The second-order valence-electron chi connectivity index (χ2n) is 8.08. The van der Waals surface area contributed by atoms with Crippen molar-refractivity contribution in [2.45, 2.75) is 44.4 Å². The molecule has 1 aliphatic carbocycles. The minimum absolute atomic E-state index is 0.000844. The maximum absolute atomic E-state index is 13.3. The molecule has 2 aromatic rings.